The second kappa shape index (κ2) is 5.83. The standard InChI is InChI=1S/C14H17FN4O/c1-4-12-17-13(19-16)9(3)14(18-12)20-10-6-5-8(2)11(15)7-10/h5-7H,4,16H2,1-3H3,(H,17,18,19). The lowest BCUT2D eigenvalue weighted by molar-refractivity contribution is 0.450. The maximum absolute atomic E-state index is 13.5. The van der Waals surface area contributed by atoms with Crippen LogP contribution in [0, 0.1) is 19.7 Å². The van der Waals surface area contributed by atoms with E-state index in [2.05, 4.69) is 15.4 Å². The van der Waals surface area contributed by atoms with Crippen LogP contribution in [0.3, 0.4) is 0 Å². The third kappa shape index (κ3) is 2.85. The van der Waals surface area contributed by atoms with Crippen molar-refractivity contribution in [3.63, 3.8) is 0 Å². The van der Waals surface area contributed by atoms with Crippen molar-refractivity contribution >= 4 is 5.82 Å². The molecule has 1 aromatic heterocycles. The van der Waals surface area contributed by atoms with Crippen LogP contribution >= 0.6 is 0 Å². The van der Waals surface area contributed by atoms with Gasteiger partial charge >= 0.3 is 0 Å². The Labute approximate surface area is 117 Å². The second-order valence-corrected chi connectivity index (χ2v) is 4.43. The van der Waals surface area contributed by atoms with Crippen LogP contribution in [0.4, 0.5) is 10.2 Å². The lowest BCUT2D eigenvalue weighted by Crippen LogP contribution is -2.13. The number of benzene rings is 1. The fourth-order valence-electron chi connectivity index (χ4n) is 1.69. The fourth-order valence-corrected chi connectivity index (χ4v) is 1.69. The Bertz CT molecular complexity index is 631. The Hall–Kier alpha value is -2.21. The van der Waals surface area contributed by atoms with E-state index < -0.39 is 0 Å². The number of hydrazine groups is 1. The van der Waals surface area contributed by atoms with Gasteiger partial charge < -0.3 is 10.2 Å². The van der Waals surface area contributed by atoms with Gasteiger partial charge in [-0.15, -0.1) is 0 Å². The van der Waals surface area contributed by atoms with Gasteiger partial charge in [0.1, 0.15) is 23.2 Å². The summed E-state index contributed by atoms with van der Waals surface area (Å²) in [5.74, 6) is 6.97. The van der Waals surface area contributed by atoms with E-state index in [9.17, 15) is 4.39 Å². The molecule has 1 heterocycles. The van der Waals surface area contributed by atoms with Crippen LogP contribution in [-0.4, -0.2) is 9.97 Å². The van der Waals surface area contributed by atoms with Crippen molar-refractivity contribution in [1.29, 1.82) is 0 Å². The van der Waals surface area contributed by atoms with Crippen molar-refractivity contribution in [3.8, 4) is 11.6 Å². The molecule has 0 saturated carbocycles. The molecule has 0 aliphatic carbocycles. The quantitative estimate of drug-likeness (QED) is 0.663. The van der Waals surface area contributed by atoms with E-state index >= 15 is 0 Å². The third-order valence-corrected chi connectivity index (χ3v) is 2.96. The van der Waals surface area contributed by atoms with Crippen molar-refractivity contribution in [2.75, 3.05) is 5.43 Å². The smallest absolute Gasteiger partial charge is 0.227 e. The van der Waals surface area contributed by atoms with Crippen LogP contribution in [0.1, 0.15) is 23.9 Å². The van der Waals surface area contributed by atoms with E-state index in [4.69, 9.17) is 10.6 Å². The number of anilines is 1. The molecule has 5 nitrogen and oxygen atoms in total. The zero-order valence-corrected chi connectivity index (χ0v) is 11.7. The van der Waals surface area contributed by atoms with Crippen LogP contribution in [0.15, 0.2) is 18.2 Å². The van der Waals surface area contributed by atoms with E-state index in [1.54, 1.807) is 26.0 Å². The number of nitrogens with two attached hydrogens (primary N) is 1. The van der Waals surface area contributed by atoms with Gasteiger partial charge in [0.05, 0.1) is 5.56 Å². The van der Waals surface area contributed by atoms with E-state index in [-0.39, 0.29) is 5.82 Å². The number of hydrogen-bond acceptors (Lipinski definition) is 5. The first-order chi connectivity index (χ1) is 9.55. The third-order valence-electron chi connectivity index (χ3n) is 2.96. The molecule has 2 aromatic rings. The van der Waals surface area contributed by atoms with E-state index in [0.717, 1.165) is 0 Å². The number of nitrogen functional groups attached to an aromatic ring is 1. The first-order valence-corrected chi connectivity index (χ1v) is 6.33. The van der Waals surface area contributed by atoms with Gasteiger partial charge in [0.15, 0.2) is 0 Å². The Kier molecular flexibility index (Phi) is 4.14. The largest absolute Gasteiger partial charge is 0.438 e. The molecule has 0 aliphatic rings. The first kappa shape index (κ1) is 14.2. The summed E-state index contributed by atoms with van der Waals surface area (Å²) in [7, 11) is 0. The molecule has 0 saturated heterocycles. The summed E-state index contributed by atoms with van der Waals surface area (Å²) >= 11 is 0. The number of aromatic nitrogens is 2. The highest BCUT2D eigenvalue weighted by atomic mass is 19.1. The highest BCUT2D eigenvalue weighted by molar-refractivity contribution is 5.48. The Morgan fingerprint density at radius 3 is 2.65 bits per heavy atom. The van der Waals surface area contributed by atoms with Gasteiger partial charge in [-0.1, -0.05) is 13.0 Å². The molecular weight excluding hydrogens is 259 g/mol. The average Bonchev–Trinajstić information content (AvgIpc) is 2.45. The van der Waals surface area contributed by atoms with Crippen LogP contribution in [0.5, 0.6) is 11.6 Å². The van der Waals surface area contributed by atoms with Crippen LogP contribution in [0.2, 0.25) is 0 Å². The molecule has 0 aliphatic heterocycles. The number of aryl methyl sites for hydroxylation is 2. The van der Waals surface area contributed by atoms with E-state index in [1.807, 2.05) is 6.92 Å². The molecule has 6 heteroatoms. The molecule has 0 unspecified atom stereocenters. The molecule has 0 bridgehead atoms. The summed E-state index contributed by atoms with van der Waals surface area (Å²) in [6.07, 6.45) is 0.646. The van der Waals surface area contributed by atoms with Crippen LogP contribution < -0.4 is 16.0 Å². The van der Waals surface area contributed by atoms with Crippen LogP contribution in [0.25, 0.3) is 0 Å². The van der Waals surface area contributed by atoms with Crippen molar-refractivity contribution in [2.24, 2.45) is 5.84 Å². The topological polar surface area (TPSA) is 73.1 Å². The van der Waals surface area contributed by atoms with Gasteiger partial charge in [-0.25, -0.2) is 15.2 Å². The van der Waals surface area contributed by atoms with E-state index in [0.29, 0.717) is 40.8 Å². The molecule has 0 radical (unpaired) electrons. The zero-order chi connectivity index (χ0) is 14.7. The number of hydrogen-bond donors (Lipinski definition) is 2. The first-order valence-electron chi connectivity index (χ1n) is 6.33. The summed E-state index contributed by atoms with van der Waals surface area (Å²) in [5, 5.41) is 0. The molecule has 106 valence electrons. The van der Waals surface area contributed by atoms with Crippen LogP contribution in [-0.2, 0) is 6.42 Å². The number of rotatable bonds is 4. The number of ether oxygens (including phenoxy) is 1. The molecular formula is C14H17FN4O. The molecule has 3 N–H and O–H groups in total. The molecule has 1 aromatic carbocycles. The van der Waals surface area contributed by atoms with E-state index in [1.165, 1.54) is 6.07 Å². The monoisotopic (exact) mass is 276 g/mol. The van der Waals surface area contributed by atoms with Crippen molar-refractivity contribution in [2.45, 2.75) is 27.2 Å². The van der Waals surface area contributed by atoms with Gasteiger partial charge in [-0.05, 0) is 25.5 Å². The highest BCUT2D eigenvalue weighted by Gasteiger charge is 2.12. The number of nitrogens with zero attached hydrogens (tertiary/aromatic N) is 2. The molecule has 2 rings (SSSR count). The Balaban J connectivity index is 2.39. The SMILES string of the molecule is CCc1nc(NN)c(C)c(Oc2ccc(C)c(F)c2)n1. The van der Waals surface area contributed by atoms with Gasteiger partial charge in [-0.2, -0.15) is 4.98 Å². The molecule has 0 atom stereocenters. The number of nitrogens with one attached hydrogen (secondary N) is 1. The highest BCUT2D eigenvalue weighted by Crippen LogP contribution is 2.27. The fraction of sp³-hybridized carbons (Fsp3) is 0.286. The second-order valence-electron chi connectivity index (χ2n) is 4.43. The Morgan fingerprint density at radius 1 is 1.30 bits per heavy atom. The minimum atomic E-state index is -0.318. The maximum atomic E-state index is 13.5. The predicted octanol–water partition coefficient (Wildman–Crippen LogP) is 2.87. The lowest BCUT2D eigenvalue weighted by Gasteiger charge is -2.12. The summed E-state index contributed by atoms with van der Waals surface area (Å²) in [6, 6.07) is 4.68. The lowest BCUT2D eigenvalue weighted by atomic mass is 10.2. The molecule has 0 fully saturated rings. The van der Waals surface area contributed by atoms with Gasteiger partial charge in [0.2, 0.25) is 5.88 Å². The van der Waals surface area contributed by atoms with Crippen molar-refractivity contribution in [1.82, 2.24) is 9.97 Å². The van der Waals surface area contributed by atoms with Gasteiger partial charge in [0, 0.05) is 12.5 Å². The normalized spacial score (nSPS) is 10.4. The van der Waals surface area contributed by atoms with Gasteiger partial charge in [0.25, 0.3) is 0 Å². The molecule has 0 amide bonds. The average molecular weight is 276 g/mol. The summed E-state index contributed by atoms with van der Waals surface area (Å²) < 4.78 is 19.2. The summed E-state index contributed by atoms with van der Waals surface area (Å²) in [4.78, 5) is 8.54. The number of halogens is 1. The summed E-state index contributed by atoms with van der Waals surface area (Å²) in [5.41, 5.74) is 3.75. The molecule has 0 spiro atoms. The predicted molar refractivity (Wildman–Crippen MR) is 75.2 cm³/mol. The zero-order valence-electron chi connectivity index (χ0n) is 11.7. The van der Waals surface area contributed by atoms with Gasteiger partial charge in [-0.3, -0.25) is 0 Å². The maximum Gasteiger partial charge on any atom is 0.227 e. The van der Waals surface area contributed by atoms with Crippen molar-refractivity contribution in [3.05, 3.63) is 41.0 Å². The minimum absolute atomic E-state index is 0.318. The minimum Gasteiger partial charge on any atom is -0.438 e. The summed E-state index contributed by atoms with van der Waals surface area (Å²) in [6.45, 7) is 5.41. The molecule has 20 heavy (non-hydrogen) atoms. The van der Waals surface area contributed by atoms with Crippen molar-refractivity contribution < 1.29 is 9.13 Å². The Morgan fingerprint density at radius 2 is 2.05 bits per heavy atom.